The molecule has 0 aromatic heterocycles. The Kier molecular flexibility index (Phi) is 14.0. The van der Waals surface area contributed by atoms with Crippen molar-refractivity contribution in [1.29, 1.82) is 0 Å². The van der Waals surface area contributed by atoms with Gasteiger partial charge >= 0.3 is 12.1 Å². The van der Waals surface area contributed by atoms with Gasteiger partial charge in [0, 0.05) is 12.2 Å². The average Bonchev–Trinajstić information content (AvgIpc) is 2.86. The highest BCUT2D eigenvalue weighted by molar-refractivity contribution is 5.96. The summed E-state index contributed by atoms with van der Waals surface area (Å²) in [5, 5.41) is 2.85. The molecule has 37 heavy (non-hydrogen) atoms. The van der Waals surface area contributed by atoms with Crippen molar-refractivity contribution in [2.24, 2.45) is 0 Å². The lowest BCUT2D eigenvalue weighted by Gasteiger charge is -2.13. The van der Waals surface area contributed by atoms with Crippen LogP contribution in [0.1, 0.15) is 15.9 Å². The molecule has 2 rings (SSSR count). The molecule has 0 bridgehead atoms. The molecule has 0 aliphatic heterocycles. The van der Waals surface area contributed by atoms with Crippen molar-refractivity contribution in [2.75, 3.05) is 85.4 Å². The van der Waals surface area contributed by atoms with Gasteiger partial charge in [-0.15, -0.1) is 0 Å². The lowest BCUT2D eigenvalue weighted by molar-refractivity contribution is -0.137. The topological polar surface area (TPSA) is 78.5 Å². The fourth-order valence-electron chi connectivity index (χ4n) is 2.98. The molecule has 0 fully saturated rings. The van der Waals surface area contributed by atoms with Crippen LogP contribution in [0.4, 0.5) is 24.5 Å². The third-order valence-corrected chi connectivity index (χ3v) is 4.88. The summed E-state index contributed by atoms with van der Waals surface area (Å²) >= 11 is 0. The van der Waals surface area contributed by atoms with Gasteiger partial charge in [0.1, 0.15) is 6.61 Å². The number of ether oxygens (including phenoxy) is 5. The predicted octanol–water partition coefficient (Wildman–Crippen LogP) is 4.23. The third kappa shape index (κ3) is 12.9. The molecule has 0 unspecified atom stereocenters. The van der Waals surface area contributed by atoms with Gasteiger partial charge < -0.3 is 33.9 Å². The minimum atomic E-state index is -4.46. The SMILES string of the molecule is CN(C)CCOCCOCCOCCOCCOC(=O)c1ccccc1Nc1cccc(C(F)(F)F)c1. The first-order chi connectivity index (χ1) is 17.8. The van der Waals surface area contributed by atoms with E-state index < -0.39 is 17.7 Å². The first-order valence-electron chi connectivity index (χ1n) is 11.9. The maximum absolute atomic E-state index is 13.0. The zero-order valence-electron chi connectivity index (χ0n) is 21.2. The summed E-state index contributed by atoms with van der Waals surface area (Å²) in [6, 6.07) is 11.2. The van der Waals surface area contributed by atoms with Gasteiger partial charge in [0.25, 0.3) is 0 Å². The van der Waals surface area contributed by atoms with Crippen LogP contribution in [0.15, 0.2) is 48.5 Å². The van der Waals surface area contributed by atoms with Gasteiger partial charge in [-0.2, -0.15) is 13.2 Å². The van der Waals surface area contributed by atoms with Crippen LogP contribution in [-0.4, -0.2) is 91.0 Å². The number of hydrogen-bond donors (Lipinski definition) is 1. The minimum Gasteiger partial charge on any atom is -0.460 e. The second-order valence-electron chi connectivity index (χ2n) is 8.14. The van der Waals surface area contributed by atoms with Gasteiger partial charge in [0.05, 0.1) is 69.7 Å². The summed E-state index contributed by atoms with van der Waals surface area (Å²) in [5.41, 5.74) is -0.0426. The van der Waals surface area contributed by atoms with E-state index in [1.54, 1.807) is 18.2 Å². The van der Waals surface area contributed by atoms with E-state index in [9.17, 15) is 18.0 Å². The summed E-state index contributed by atoms with van der Waals surface area (Å²) in [4.78, 5) is 14.5. The zero-order chi connectivity index (χ0) is 26.9. The van der Waals surface area contributed by atoms with Crippen LogP contribution < -0.4 is 5.32 Å². The van der Waals surface area contributed by atoms with Crippen molar-refractivity contribution in [3.05, 3.63) is 59.7 Å². The molecule has 0 aliphatic rings. The Balaban J connectivity index is 1.58. The van der Waals surface area contributed by atoms with Crippen LogP contribution in [0.25, 0.3) is 0 Å². The van der Waals surface area contributed by atoms with Crippen LogP contribution in [0, 0.1) is 0 Å². The number of carbonyl (C=O) groups is 1. The van der Waals surface area contributed by atoms with Crippen molar-refractivity contribution in [1.82, 2.24) is 4.90 Å². The van der Waals surface area contributed by atoms with Crippen LogP contribution in [0.3, 0.4) is 0 Å². The van der Waals surface area contributed by atoms with E-state index in [0.717, 1.165) is 18.7 Å². The van der Waals surface area contributed by atoms with Gasteiger partial charge in [-0.3, -0.25) is 0 Å². The standard InChI is InChI=1S/C26H35F3N2O6/c1-31(2)10-11-33-12-13-34-14-15-35-16-17-36-18-19-37-25(32)23-8-3-4-9-24(23)30-22-7-5-6-21(20-22)26(27,28)29/h3-9,20,30H,10-19H2,1-2H3. The molecule has 0 atom stereocenters. The number of alkyl halides is 3. The monoisotopic (exact) mass is 528 g/mol. The second kappa shape index (κ2) is 16.9. The number of hydrogen-bond acceptors (Lipinski definition) is 8. The largest absolute Gasteiger partial charge is 0.460 e. The number of likely N-dealkylation sites (N-methyl/N-ethyl adjacent to an activating group) is 1. The van der Waals surface area contributed by atoms with Gasteiger partial charge in [0.2, 0.25) is 0 Å². The lowest BCUT2D eigenvalue weighted by atomic mass is 10.1. The molecular formula is C26H35F3N2O6. The Morgan fingerprint density at radius 2 is 1.35 bits per heavy atom. The minimum absolute atomic E-state index is 0.0215. The number of benzene rings is 2. The molecule has 0 radical (unpaired) electrons. The number of rotatable bonds is 18. The van der Waals surface area contributed by atoms with E-state index in [1.165, 1.54) is 18.2 Å². The highest BCUT2D eigenvalue weighted by Crippen LogP contribution is 2.32. The number of nitrogens with one attached hydrogen (secondary N) is 1. The van der Waals surface area contributed by atoms with E-state index in [4.69, 9.17) is 23.7 Å². The fraction of sp³-hybridized carbons (Fsp3) is 0.500. The lowest BCUT2D eigenvalue weighted by Crippen LogP contribution is -2.19. The molecule has 0 heterocycles. The zero-order valence-corrected chi connectivity index (χ0v) is 21.2. The summed E-state index contributed by atoms with van der Waals surface area (Å²) in [5.74, 6) is -0.613. The van der Waals surface area contributed by atoms with Crippen LogP contribution in [0.5, 0.6) is 0 Å². The normalized spacial score (nSPS) is 11.6. The summed E-state index contributed by atoms with van der Waals surface area (Å²) in [7, 11) is 3.98. The molecule has 2 aromatic rings. The summed E-state index contributed by atoms with van der Waals surface area (Å²) in [6.45, 7) is 4.40. The van der Waals surface area contributed by atoms with E-state index in [2.05, 4.69) is 5.32 Å². The smallest absolute Gasteiger partial charge is 0.416 e. The van der Waals surface area contributed by atoms with E-state index in [1.807, 2.05) is 19.0 Å². The van der Waals surface area contributed by atoms with Gasteiger partial charge in [0.15, 0.2) is 0 Å². The van der Waals surface area contributed by atoms with Crippen LogP contribution in [0.2, 0.25) is 0 Å². The number of halogens is 3. The highest BCUT2D eigenvalue weighted by Gasteiger charge is 2.30. The van der Waals surface area contributed by atoms with E-state index in [0.29, 0.717) is 51.9 Å². The maximum atomic E-state index is 13.0. The average molecular weight is 529 g/mol. The Labute approximate surface area is 215 Å². The number of para-hydroxylation sites is 1. The van der Waals surface area contributed by atoms with Crippen molar-refractivity contribution >= 4 is 17.3 Å². The number of anilines is 2. The van der Waals surface area contributed by atoms with Crippen molar-refractivity contribution in [3.63, 3.8) is 0 Å². The number of carbonyl (C=O) groups excluding carboxylic acids is 1. The first kappa shape index (κ1) is 30.5. The molecule has 0 aliphatic carbocycles. The Morgan fingerprint density at radius 1 is 0.784 bits per heavy atom. The molecule has 2 aromatic carbocycles. The van der Waals surface area contributed by atoms with Crippen molar-refractivity contribution < 1.29 is 41.7 Å². The summed E-state index contributed by atoms with van der Waals surface area (Å²) in [6.07, 6.45) is -4.46. The molecule has 11 heteroatoms. The molecule has 206 valence electrons. The van der Waals surface area contributed by atoms with E-state index >= 15 is 0 Å². The Hall–Kier alpha value is -2.70. The van der Waals surface area contributed by atoms with Crippen LogP contribution in [-0.2, 0) is 29.9 Å². The highest BCUT2D eigenvalue weighted by atomic mass is 19.4. The summed E-state index contributed by atoms with van der Waals surface area (Å²) < 4.78 is 65.8. The predicted molar refractivity (Wildman–Crippen MR) is 133 cm³/mol. The van der Waals surface area contributed by atoms with Crippen LogP contribution >= 0.6 is 0 Å². The van der Waals surface area contributed by atoms with Gasteiger partial charge in [-0.05, 0) is 44.4 Å². The van der Waals surface area contributed by atoms with Crippen molar-refractivity contribution in [2.45, 2.75) is 6.18 Å². The number of nitrogens with zero attached hydrogens (tertiary/aromatic N) is 1. The van der Waals surface area contributed by atoms with Crippen molar-refractivity contribution in [3.8, 4) is 0 Å². The maximum Gasteiger partial charge on any atom is 0.416 e. The fourth-order valence-corrected chi connectivity index (χ4v) is 2.98. The second-order valence-corrected chi connectivity index (χ2v) is 8.14. The Morgan fingerprint density at radius 3 is 1.95 bits per heavy atom. The third-order valence-electron chi connectivity index (χ3n) is 4.88. The molecule has 0 saturated carbocycles. The van der Waals surface area contributed by atoms with E-state index in [-0.39, 0.29) is 24.5 Å². The Bertz CT molecular complexity index is 927. The first-order valence-corrected chi connectivity index (χ1v) is 11.9. The van der Waals surface area contributed by atoms with Gasteiger partial charge in [-0.25, -0.2) is 4.79 Å². The molecule has 8 nitrogen and oxygen atoms in total. The molecular weight excluding hydrogens is 493 g/mol. The molecule has 0 spiro atoms. The molecule has 1 N–H and O–H groups in total. The quantitative estimate of drug-likeness (QED) is 0.228. The molecule has 0 amide bonds. The molecule has 0 saturated heterocycles. The van der Waals surface area contributed by atoms with Gasteiger partial charge in [-0.1, -0.05) is 18.2 Å². The number of esters is 1.